The molecule has 1 aliphatic heterocycles. The highest BCUT2D eigenvalue weighted by Gasteiger charge is 2.55. The molecule has 1 spiro atoms. The van der Waals surface area contributed by atoms with Crippen LogP contribution in [0.5, 0.6) is 0 Å². The second-order valence-corrected chi connectivity index (χ2v) is 10.4. The highest BCUT2D eigenvalue weighted by atomic mass is 35.5. The summed E-state index contributed by atoms with van der Waals surface area (Å²) < 4.78 is 0.436. The van der Waals surface area contributed by atoms with Crippen LogP contribution < -0.4 is 5.32 Å². The standard InChI is InChI=1S/C18H22ClNOS2/c19-15-5-2-6-16(11-15)20-17(21)12-9-13-3-1-4-14(10-12)18(13)22-7-8-23-18/h2,5-6,11-14H,1,3-4,7-10H2,(H,20,21)/t12?,13-,14+. The van der Waals surface area contributed by atoms with Crippen molar-refractivity contribution in [1.29, 1.82) is 0 Å². The van der Waals surface area contributed by atoms with Gasteiger partial charge in [-0.15, -0.1) is 23.5 Å². The molecule has 23 heavy (non-hydrogen) atoms. The molecule has 4 rings (SSSR count). The Morgan fingerprint density at radius 3 is 2.52 bits per heavy atom. The predicted octanol–water partition coefficient (Wildman–Crippen LogP) is 5.28. The number of hydrogen-bond acceptors (Lipinski definition) is 3. The zero-order valence-corrected chi connectivity index (χ0v) is 15.5. The monoisotopic (exact) mass is 367 g/mol. The van der Waals surface area contributed by atoms with Gasteiger partial charge >= 0.3 is 0 Å². The predicted molar refractivity (Wildman–Crippen MR) is 101 cm³/mol. The van der Waals surface area contributed by atoms with Crippen molar-refractivity contribution in [3.63, 3.8) is 0 Å². The Bertz CT molecular complexity index is 586. The fourth-order valence-corrected chi connectivity index (χ4v) is 8.76. The van der Waals surface area contributed by atoms with Crippen molar-refractivity contribution in [3.8, 4) is 0 Å². The third-order valence-electron chi connectivity index (χ3n) is 5.58. The lowest BCUT2D eigenvalue weighted by molar-refractivity contribution is -0.122. The lowest BCUT2D eigenvalue weighted by Crippen LogP contribution is -2.48. The summed E-state index contributed by atoms with van der Waals surface area (Å²) in [5.41, 5.74) is 0.817. The van der Waals surface area contributed by atoms with Gasteiger partial charge in [0.1, 0.15) is 0 Å². The molecule has 2 nitrogen and oxygen atoms in total. The molecule has 3 atom stereocenters. The molecule has 1 aromatic carbocycles. The van der Waals surface area contributed by atoms with Crippen molar-refractivity contribution in [2.75, 3.05) is 16.8 Å². The highest BCUT2D eigenvalue weighted by molar-refractivity contribution is 8.21. The fraction of sp³-hybridized carbons (Fsp3) is 0.611. The molecule has 3 fully saturated rings. The number of hydrogen-bond donors (Lipinski definition) is 1. The van der Waals surface area contributed by atoms with Gasteiger partial charge in [0.15, 0.2) is 0 Å². The van der Waals surface area contributed by atoms with Gasteiger partial charge in [0, 0.05) is 28.1 Å². The number of carbonyl (C=O) groups excluding carboxylic acids is 1. The van der Waals surface area contributed by atoms with Gasteiger partial charge in [0.05, 0.1) is 4.08 Å². The van der Waals surface area contributed by atoms with Crippen LogP contribution in [0.1, 0.15) is 32.1 Å². The molecule has 1 amide bonds. The molecule has 2 saturated carbocycles. The number of amides is 1. The SMILES string of the molecule is O=C(Nc1cccc(Cl)c1)C1C[C@H]2CCC[C@@H](C1)C21SCCS1. The van der Waals surface area contributed by atoms with Crippen LogP contribution in [0.3, 0.4) is 0 Å². The van der Waals surface area contributed by atoms with Gasteiger partial charge in [-0.3, -0.25) is 4.79 Å². The maximum atomic E-state index is 12.7. The molecule has 1 saturated heterocycles. The molecule has 1 aromatic rings. The second kappa shape index (κ2) is 6.53. The Morgan fingerprint density at radius 1 is 1.17 bits per heavy atom. The van der Waals surface area contributed by atoms with E-state index >= 15 is 0 Å². The number of rotatable bonds is 2. The fourth-order valence-electron chi connectivity index (χ4n) is 4.63. The quantitative estimate of drug-likeness (QED) is 0.770. The normalized spacial score (nSPS) is 32.0. The first-order chi connectivity index (χ1) is 11.2. The lowest BCUT2D eigenvalue weighted by Gasteiger charge is -2.52. The van der Waals surface area contributed by atoms with Crippen LogP contribution in [0.25, 0.3) is 0 Å². The summed E-state index contributed by atoms with van der Waals surface area (Å²) in [5.74, 6) is 4.35. The molecule has 3 aliphatic rings. The molecular weight excluding hydrogens is 346 g/mol. The van der Waals surface area contributed by atoms with Gasteiger partial charge in [-0.1, -0.05) is 24.1 Å². The first-order valence-corrected chi connectivity index (χ1v) is 10.9. The van der Waals surface area contributed by atoms with E-state index < -0.39 is 0 Å². The zero-order chi connectivity index (χ0) is 15.9. The molecule has 124 valence electrons. The lowest BCUT2D eigenvalue weighted by atomic mass is 9.67. The first-order valence-electron chi connectivity index (χ1n) is 8.52. The van der Waals surface area contributed by atoms with Crippen LogP contribution in [-0.4, -0.2) is 21.5 Å². The summed E-state index contributed by atoms with van der Waals surface area (Å²) in [6, 6.07) is 7.46. The van der Waals surface area contributed by atoms with E-state index in [1.165, 1.54) is 30.8 Å². The molecule has 2 aliphatic carbocycles. The van der Waals surface area contributed by atoms with Crippen LogP contribution in [0.2, 0.25) is 5.02 Å². The van der Waals surface area contributed by atoms with Crippen molar-refractivity contribution in [3.05, 3.63) is 29.3 Å². The van der Waals surface area contributed by atoms with Crippen molar-refractivity contribution in [2.45, 2.75) is 36.2 Å². The Morgan fingerprint density at radius 2 is 1.87 bits per heavy atom. The number of thioether (sulfide) groups is 2. The van der Waals surface area contributed by atoms with Crippen LogP contribution >= 0.6 is 35.1 Å². The van der Waals surface area contributed by atoms with Gasteiger partial charge in [0.2, 0.25) is 5.91 Å². The highest BCUT2D eigenvalue weighted by Crippen LogP contribution is 2.64. The van der Waals surface area contributed by atoms with Crippen LogP contribution in [-0.2, 0) is 4.79 Å². The van der Waals surface area contributed by atoms with E-state index in [2.05, 4.69) is 28.8 Å². The summed E-state index contributed by atoms with van der Waals surface area (Å²) in [6.45, 7) is 0. The Kier molecular flexibility index (Phi) is 4.59. The van der Waals surface area contributed by atoms with Crippen LogP contribution in [0.4, 0.5) is 5.69 Å². The Balaban J connectivity index is 1.48. The molecule has 1 heterocycles. The average Bonchev–Trinajstić information content (AvgIpc) is 2.96. The molecular formula is C18H22ClNOS2. The van der Waals surface area contributed by atoms with Crippen LogP contribution in [0, 0.1) is 17.8 Å². The Hall–Kier alpha value is -0.320. The maximum absolute atomic E-state index is 12.7. The molecule has 0 radical (unpaired) electrons. The average molecular weight is 368 g/mol. The van der Waals surface area contributed by atoms with Gasteiger partial charge in [-0.25, -0.2) is 0 Å². The molecule has 1 N–H and O–H groups in total. The summed E-state index contributed by atoms with van der Waals surface area (Å²) in [4.78, 5) is 12.7. The van der Waals surface area contributed by atoms with E-state index in [-0.39, 0.29) is 11.8 Å². The molecule has 5 heteroatoms. The van der Waals surface area contributed by atoms with Gasteiger partial charge < -0.3 is 5.32 Å². The van der Waals surface area contributed by atoms with E-state index in [9.17, 15) is 4.79 Å². The minimum absolute atomic E-state index is 0.164. The van der Waals surface area contributed by atoms with E-state index in [1.54, 1.807) is 0 Å². The summed E-state index contributed by atoms with van der Waals surface area (Å²) >= 11 is 10.4. The summed E-state index contributed by atoms with van der Waals surface area (Å²) in [6.07, 6.45) is 6.07. The number of anilines is 1. The number of halogens is 1. The van der Waals surface area contributed by atoms with E-state index in [0.29, 0.717) is 20.9 Å². The van der Waals surface area contributed by atoms with Gasteiger partial charge in [-0.2, -0.15) is 0 Å². The number of carbonyl (C=O) groups is 1. The smallest absolute Gasteiger partial charge is 0.227 e. The third kappa shape index (κ3) is 3.03. The van der Waals surface area contributed by atoms with Crippen molar-refractivity contribution in [2.24, 2.45) is 17.8 Å². The maximum Gasteiger partial charge on any atom is 0.227 e. The zero-order valence-electron chi connectivity index (χ0n) is 13.1. The summed E-state index contributed by atoms with van der Waals surface area (Å²) in [7, 11) is 0. The minimum atomic E-state index is 0.164. The van der Waals surface area contributed by atoms with E-state index in [1.807, 2.05) is 24.3 Å². The second-order valence-electron chi connectivity index (χ2n) is 6.91. The largest absolute Gasteiger partial charge is 0.326 e. The van der Waals surface area contributed by atoms with Crippen molar-refractivity contribution in [1.82, 2.24) is 0 Å². The van der Waals surface area contributed by atoms with Gasteiger partial charge in [-0.05, 0) is 55.7 Å². The molecule has 2 bridgehead atoms. The van der Waals surface area contributed by atoms with E-state index in [0.717, 1.165) is 18.5 Å². The number of benzene rings is 1. The molecule has 0 aromatic heterocycles. The van der Waals surface area contributed by atoms with Gasteiger partial charge in [0.25, 0.3) is 0 Å². The topological polar surface area (TPSA) is 29.1 Å². The van der Waals surface area contributed by atoms with Crippen LogP contribution in [0.15, 0.2) is 24.3 Å². The number of nitrogens with one attached hydrogen (secondary N) is 1. The first kappa shape index (κ1) is 16.2. The van der Waals surface area contributed by atoms with E-state index in [4.69, 9.17) is 11.6 Å². The molecule has 1 unspecified atom stereocenters. The van der Waals surface area contributed by atoms with Crippen molar-refractivity contribution >= 4 is 46.7 Å². The minimum Gasteiger partial charge on any atom is -0.326 e. The third-order valence-corrected chi connectivity index (χ3v) is 9.84. The Labute approximate surface area is 151 Å². The van der Waals surface area contributed by atoms with Crippen molar-refractivity contribution < 1.29 is 4.79 Å². The summed E-state index contributed by atoms with van der Waals surface area (Å²) in [5, 5.41) is 3.75.